The first kappa shape index (κ1) is 23.0. The minimum absolute atomic E-state index is 0.0243. The highest BCUT2D eigenvalue weighted by molar-refractivity contribution is 5.92. The normalized spacial score (nSPS) is 17.5. The van der Waals surface area contributed by atoms with E-state index in [-0.39, 0.29) is 23.8 Å². The molecule has 2 aromatic heterocycles. The lowest BCUT2D eigenvalue weighted by molar-refractivity contribution is 0.0420. The second-order valence-electron chi connectivity index (χ2n) is 9.00. The van der Waals surface area contributed by atoms with Crippen molar-refractivity contribution >= 4 is 5.91 Å². The van der Waals surface area contributed by atoms with Crippen molar-refractivity contribution in [2.75, 3.05) is 19.6 Å². The zero-order chi connectivity index (χ0) is 24.4. The van der Waals surface area contributed by atoms with Gasteiger partial charge in [0.25, 0.3) is 5.91 Å². The zero-order valence-electron chi connectivity index (χ0n) is 19.8. The van der Waals surface area contributed by atoms with Gasteiger partial charge in [0.05, 0.1) is 24.1 Å². The predicted molar refractivity (Wildman–Crippen MR) is 129 cm³/mol. The first-order chi connectivity index (χ1) is 17.0. The molecule has 8 heteroatoms. The lowest BCUT2D eigenvalue weighted by Gasteiger charge is -2.41. The molecule has 0 aliphatic carbocycles. The third-order valence-electron chi connectivity index (χ3n) is 6.66. The molecule has 0 saturated carbocycles. The lowest BCUT2D eigenvalue weighted by atomic mass is 10.0. The first-order valence-electron chi connectivity index (χ1n) is 11.8. The van der Waals surface area contributed by atoms with Crippen molar-refractivity contribution in [2.24, 2.45) is 0 Å². The van der Waals surface area contributed by atoms with Gasteiger partial charge in [-0.05, 0) is 37.1 Å². The molecule has 0 N–H and O–H groups in total. The number of aryl methyl sites for hydroxylation is 1. The molecule has 180 valence electrons. The summed E-state index contributed by atoms with van der Waals surface area (Å²) in [5.41, 5.74) is 3.51. The van der Waals surface area contributed by atoms with Crippen LogP contribution in [0, 0.1) is 12.7 Å². The molecule has 1 amide bonds. The molecule has 4 aromatic rings. The van der Waals surface area contributed by atoms with Gasteiger partial charge >= 0.3 is 0 Å². The van der Waals surface area contributed by atoms with Crippen LogP contribution in [0.1, 0.15) is 52.1 Å². The fourth-order valence-corrected chi connectivity index (χ4v) is 4.74. The standard InChI is InChI=1S/C27H28FN5O2/c1-19-14-25(30-35-19)27(34)32-13-12-31(17-26(32)22-6-4-3-5-7-22)16-24-15-29-18-33(24)20(2)21-8-10-23(28)11-9-21/h3-11,14-15,18,20,26H,12-13,16-17H2,1-2H3/t20-,26?/m1/s1. The van der Waals surface area contributed by atoms with E-state index in [9.17, 15) is 9.18 Å². The molecule has 1 saturated heterocycles. The van der Waals surface area contributed by atoms with Crippen molar-refractivity contribution in [3.63, 3.8) is 0 Å². The van der Waals surface area contributed by atoms with Gasteiger partial charge in [-0.25, -0.2) is 9.37 Å². The van der Waals surface area contributed by atoms with Crippen molar-refractivity contribution in [3.8, 4) is 0 Å². The van der Waals surface area contributed by atoms with Crippen LogP contribution in [0.3, 0.4) is 0 Å². The van der Waals surface area contributed by atoms with E-state index in [2.05, 4.69) is 38.7 Å². The summed E-state index contributed by atoms with van der Waals surface area (Å²) >= 11 is 0. The SMILES string of the molecule is Cc1cc(C(=O)N2CCN(Cc3cncn3[C@H](C)c3ccc(F)cc3)CC2c2ccccc2)no1. The van der Waals surface area contributed by atoms with Crippen LogP contribution in [0.5, 0.6) is 0 Å². The number of rotatable bonds is 6. The quantitative estimate of drug-likeness (QED) is 0.409. The van der Waals surface area contributed by atoms with Crippen LogP contribution in [0.2, 0.25) is 0 Å². The molecule has 0 spiro atoms. The summed E-state index contributed by atoms with van der Waals surface area (Å²) < 4.78 is 20.7. The highest BCUT2D eigenvalue weighted by Crippen LogP contribution is 2.29. The Labute approximate surface area is 203 Å². The third-order valence-corrected chi connectivity index (χ3v) is 6.66. The van der Waals surface area contributed by atoms with Crippen LogP contribution in [-0.4, -0.2) is 50.0 Å². The molecule has 1 fully saturated rings. The summed E-state index contributed by atoms with van der Waals surface area (Å²) in [7, 11) is 0. The van der Waals surface area contributed by atoms with E-state index in [1.54, 1.807) is 13.0 Å². The summed E-state index contributed by atoms with van der Waals surface area (Å²) in [5, 5.41) is 3.95. The van der Waals surface area contributed by atoms with Crippen LogP contribution in [0.15, 0.2) is 77.7 Å². The molecule has 3 heterocycles. The summed E-state index contributed by atoms with van der Waals surface area (Å²) in [4.78, 5) is 21.9. The minimum Gasteiger partial charge on any atom is -0.361 e. The third kappa shape index (κ3) is 4.88. The predicted octanol–water partition coefficient (Wildman–Crippen LogP) is 4.63. The molecule has 2 atom stereocenters. The van der Waals surface area contributed by atoms with Gasteiger partial charge in [0.2, 0.25) is 0 Å². The van der Waals surface area contributed by atoms with Crippen LogP contribution < -0.4 is 0 Å². The van der Waals surface area contributed by atoms with Gasteiger partial charge in [0.1, 0.15) is 11.6 Å². The van der Waals surface area contributed by atoms with Crippen molar-refractivity contribution in [2.45, 2.75) is 32.5 Å². The summed E-state index contributed by atoms with van der Waals surface area (Å²) in [6.45, 7) is 6.55. The number of benzene rings is 2. The number of hydrogen-bond donors (Lipinski definition) is 0. The number of halogens is 1. The highest BCUT2D eigenvalue weighted by Gasteiger charge is 2.33. The van der Waals surface area contributed by atoms with Gasteiger partial charge in [-0.3, -0.25) is 9.69 Å². The Morgan fingerprint density at radius 2 is 1.91 bits per heavy atom. The number of nitrogens with zero attached hydrogens (tertiary/aromatic N) is 5. The minimum atomic E-state index is -0.244. The fraction of sp³-hybridized carbons (Fsp3) is 0.296. The van der Waals surface area contributed by atoms with Crippen molar-refractivity contribution in [1.82, 2.24) is 24.5 Å². The number of carbonyl (C=O) groups is 1. The van der Waals surface area contributed by atoms with Gasteiger partial charge < -0.3 is 14.0 Å². The highest BCUT2D eigenvalue weighted by atomic mass is 19.1. The Balaban J connectivity index is 1.36. The molecule has 1 aliphatic rings. The topological polar surface area (TPSA) is 67.4 Å². The number of imidazole rings is 1. The van der Waals surface area contributed by atoms with Crippen molar-refractivity contribution in [3.05, 3.63) is 107 Å². The maximum Gasteiger partial charge on any atom is 0.276 e. The first-order valence-corrected chi connectivity index (χ1v) is 11.8. The Bertz CT molecular complexity index is 1280. The van der Waals surface area contributed by atoms with E-state index < -0.39 is 0 Å². The largest absolute Gasteiger partial charge is 0.361 e. The maximum absolute atomic E-state index is 13.4. The second-order valence-corrected chi connectivity index (χ2v) is 9.00. The molecule has 5 rings (SSSR count). The summed E-state index contributed by atoms with van der Waals surface area (Å²) in [6.07, 6.45) is 3.71. The lowest BCUT2D eigenvalue weighted by Crippen LogP contribution is -2.50. The fourth-order valence-electron chi connectivity index (χ4n) is 4.74. The average Bonchev–Trinajstić information content (AvgIpc) is 3.53. The summed E-state index contributed by atoms with van der Waals surface area (Å²) in [6, 6.07) is 18.3. The number of amides is 1. The van der Waals surface area contributed by atoms with E-state index in [1.165, 1.54) is 12.1 Å². The maximum atomic E-state index is 13.4. The van der Waals surface area contributed by atoms with E-state index in [1.807, 2.05) is 47.8 Å². The van der Waals surface area contributed by atoms with Crippen molar-refractivity contribution < 1.29 is 13.7 Å². The molecule has 1 aliphatic heterocycles. The second kappa shape index (κ2) is 9.84. The Hall–Kier alpha value is -3.78. The Morgan fingerprint density at radius 1 is 1.14 bits per heavy atom. The van der Waals surface area contributed by atoms with E-state index >= 15 is 0 Å². The Kier molecular flexibility index (Phi) is 6.46. The zero-order valence-corrected chi connectivity index (χ0v) is 19.8. The molecule has 0 bridgehead atoms. The molecule has 0 radical (unpaired) electrons. The molecule has 7 nitrogen and oxygen atoms in total. The molecule has 1 unspecified atom stereocenters. The van der Waals surface area contributed by atoms with Gasteiger partial charge in [-0.1, -0.05) is 47.6 Å². The Morgan fingerprint density at radius 3 is 2.63 bits per heavy atom. The molecular weight excluding hydrogens is 445 g/mol. The molecule has 2 aromatic carbocycles. The van der Waals surface area contributed by atoms with E-state index in [0.29, 0.717) is 31.1 Å². The monoisotopic (exact) mass is 473 g/mol. The average molecular weight is 474 g/mol. The van der Waals surface area contributed by atoms with E-state index in [4.69, 9.17) is 4.52 Å². The number of piperazine rings is 1. The van der Waals surface area contributed by atoms with Crippen LogP contribution in [0.4, 0.5) is 4.39 Å². The number of carbonyl (C=O) groups excluding carboxylic acids is 1. The molecular formula is C27H28FN5O2. The van der Waals surface area contributed by atoms with Crippen LogP contribution in [-0.2, 0) is 6.54 Å². The smallest absolute Gasteiger partial charge is 0.276 e. The van der Waals surface area contributed by atoms with Gasteiger partial charge in [-0.15, -0.1) is 0 Å². The van der Waals surface area contributed by atoms with Gasteiger partial charge in [0, 0.05) is 38.4 Å². The van der Waals surface area contributed by atoms with E-state index in [0.717, 1.165) is 23.4 Å². The summed E-state index contributed by atoms with van der Waals surface area (Å²) in [5.74, 6) is 0.254. The number of aromatic nitrogens is 3. The van der Waals surface area contributed by atoms with Crippen LogP contribution in [0.25, 0.3) is 0 Å². The van der Waals surface area contributed by atoms with Gasteiger partial charge in [-0.2, -0.15) is 0 Å². The number of hydrogen-bond acceptors (Lipinski definition) is 5. The van der Waals surface area contributed by atoms with Crippen molar-refractivity contribution in [1.29, 1.82) is 0 Å². The van der Waals surface area contributed by atoms with Crippen LogP contribution >= 0.6 is 0 Å². The van der Waals surface area contributed by atoms with Gasteiger partial charge in [0.15, 0.2) is 5.69 Å². The molecule has 35 heavy (non-hydrogen) atoms.